The molecule has 96 valence electrons. The van der Waals surface area contributed by atoms with Crippen LogP contribution in [0.3, 0.4) is 0 Å². The van der Waals surface area contributed by atoms with Crippen molar-refractivity contribution in [2.45, 2.75) is 6.04 Å². The van der Waals surface area contributed by atoms with Gasteiger partial charge < -0.3 is 10.2 Å². The fourth-order valence-electron chi connectivity index (χ4n) is 1.90. The first-order valence-electron chi connectivity index (χ1n) is 5.69. The van der Waals surface area contributed by atoms with E-state index in [-0.39, 0.29) is 5.82 Å². The number of nitrogens with two attached hydrogens (primary N) is 1. The normalized spacial score (nSPS) is 12.8. The van der Waals surface area contributed by atoms with Crippen molar-refractivity contribution in [2.24, 2.45) is 5.73 Å². The summed E-state index contributed by atoms with van der Waals surface area (Å²) in [6.07, 6.45) is 1.68. The first-order valence-corrected chi connectivity index (χ1v) is 6.49. The van der Waals surface area contributed by atoms with Crippen LogP contribution in [0.4, 0.5) is 4.39 Å². The Hall–Kier alpha value is -1.72. The third kappa shape index (κ3) is 2.39. The van der Waals surface area contributed by atoms with Gasteiger partial charge in [0.1, 0.15) is 23.2 Å². The molecule has 2 N–H and O–H groups in total. The van der Waals surface area contributed by atoms with E-state index < -0.39 is 6.04 Å². The summed E-state index contributed by atoms with van der Waals surface area (Å²) in [5, 5.41) is 0.697. The molecule has 0 saturated carbocycles. The van der Waals surface area contributed by atoms with E-state index in [9.17, 15) is 4.39 Å². The minimum Gasteiger partial charge on any atom is -0.459 e. The number of benzene rings is 1. The fraction of sp³-hybridized carbons (Fsp3) is 0.0714. The van der Waals surface area contributed by atoms with Crippen LogP contribution >= 0.6 is 15.9 Å². The van der Waals surface area contributed by atoms with Crippen LogP contribution in [0.25, 0.3) is 11.0 Å². The number of hydrogen-bond acceptors (Lipinski definition) is 3. The summed E-state index contributed by atoms with van der Waals surface area (Å²) >= 11 is 3.32. The second kappa shape index (κ2) is 4.75. The van der Waals surface area contributed by atoms with Gasteiger partial charge in [-0.15, -0.1) is 0 Å². The van der Waals surface area contributed by atoms with Crippen molar-refractivity contribution in [1.29, 1.82) is 0 Å². The van der Waals surface area contributed by atoms with E-state index in [1.807, 2.05) is 12.1 Å². The second-order valence-electron chi connectivity index (χ2n) is 4.21. The molecule has 0 aliphatic heterocycles. The van der Waals surface area contributed by atoms with E-state index in [2.05, 4.69) is 20.9 Å². The lowest BCUT2D eigenvalue weighted by Crippen LogP contribution is -2.12. The van der Waals surface area contributed by atoms with E-state index in [4.69, 9.17) is 10.2 Å². The van der Waals surface area contributed by atoms with Gasteiger partial charge in [-0.1, -0.05) is 0 Å². The monoisotopic (exact) mass is 320 g/mol. The Bertz CT molecular complexity index is 724. The van der Waals surface area contributed by atoms with Crippen molar-refractivity contribution in [3.05, 3.63) is 64.3 Å². The molecule has 0 fully saturated rings. The van der Waals surface area contributed by atoms with Crippen LogP contribution in [-0.2, 0) is 0 Å². The standard InChI is InChI=1S/C14H10BrFN2O/c15-9-1-3-11(18-7-9)14(17)13-6-8-5-10(16)2-4-12(8)19-13/h1-7,14H,17H2. The van der Waals surface area contributed by atoms with Gasteiger partial charge in [0.05, 0.1) is 5.69 Å². The number of aromatic nitrogens is 1. The maximum absolute atomic E-state index is 13.1. The Morgan fingerprint density at radius 3 is 2.79 bits per heavy atom. The van der Waals surface area contributed by atoms with Crippen LogP contribution in [0.5, 0.6) is 0 Å². The van der Waals surface area contributed by atoms with Crippen molar-refractivity contribution in [3.63, 3.8) is 0 Å². The first-order chi connectivity index (χ1) is 9.13. The Morgan fingerprint density at radius 2 is 2.05 bits per heavy atom. The summed E-state index contributed by atoms with van der Waals surface area (Å²) < 4.78 is 19.6. The molecule has 0 saturated heterocycles. The fourth-order valence-corrected chi connectivity index (χ4v) is 2.14. The molecule has 0 bridgehead atoms. The maximum atomic E-state index is 13.1. The molecule has 0 aliphatic rings. The zero-order valence-electron chi connectivity index (χ0n) is 9.81. The molecule has 0 aliphatic carbocycles. The van der Waals surface area contributed by atoms with Gasteiger partial charge >= 0.3 is 0 Å². The number of pyridine rings is 1. The van der Waals surface area contributed by atoms with Gasteiger partial charge in [-0.3, -0.25) is 4.98 Å². The predicted octanol–water partition coefficient (Wildman–Crippen LogP) is 3.78. The van der Waals surface area contributed by atoms with Gasteiger partial charge in [0.2, 0.25) is 0 Å². The number of halogens is 2. The highest BCUT2D eigenvalue weighted by Crippen LogP contribution is 2.26. The molecule has 19 heavy (non-hydrogen) atoms. The molecule has 2 aromatic heterocycles. The first kappa shape index (κ1) is 12.3. The topological polar surface area (TPSA) is 52.0 Å². The molecule has 5 heteroatoms. The Labute approximate surface area is 117 Å². The van der Waals surface area contributed by atoms with Gasteiger partial charge in [0.15, 0.2) is 0 Å². The number of furan rings is 1. The smallest absolute Gasteiger partial charge is 0.134 e. The Kier molecular flexibility index (Phi) is 3.08. The van der Waals surface area contributed by atoms with Crippen LogP contribution < -0.4 is 5.73 Å². The van der Waals surface area contributed by atoms with E-state index in [0.29, 0.717) is 22.4 Å². The van der Waals surface area contributed by atoms with Crippen LogP contribution in [-0.4, -0.2) is 4.98 Å². The number of rotatable bonds is 2. The summed E-state index contributed by atoms with van der Waals surface area (Å²) in [6, 6.07) is 9.34. The highest BCUT2D eigenvalue weighted by Gasteiger charge is 2.15. The minimum absolute atomic E-state index is 0.296. The predicted molar refractivity (Wildman–Crippen MR) is 74.1 cm³/mol. The molecule has 3 rings (SSSR count). The lowest BCUT2D eigenvalue weighted by atomic mass is 10.1. The number of hydrogen-bond donors (Lipinski definition) is 1. The average Bonchev–Trinajstić information content (AvgIpc) is 2.81. The van der Waals surface area contributed by atoms with Crippen LogP contribution in [0.2, 0.25) is 0 Å². The van der Waals surface area contributed by atoms with Crippen molar-refractivity contribution >= 4 is 26.9 Å². The van der Waals surface area contributed by atoms with E-state index in [0.717, 1.165) is 4.47 Å². The van der Waals surface area contributed by atoms with Gasteiger partial charge in [0.25, 0.3) is 0 Å². The van der Waals surface area contributed by atoms with Gasteiger partial charge in [-0.25, -0.2) is 4.39 Å². The quantitative estimate of drug-likeness (QED) is 0.781. The Morgan fingerprint density at radius 1 is 1.21 bits per heavy atom. The molecule has 3 nitrogen and oxygen atoms in total. The zero-order valence-corrected chi connectivity index (χ0v) is 11.4. The molecule has 0 amide bonds. The lowest BCUT2D eigenvalue weighted by Gasteiger charge is -2.07. The van der Waals surface area contributed by atoms with Gasteiger partial charge in [0, 0.05) is 16.1 Å². The third-order valence-electron chi connectivity index (χ3n) is 2.87. The molecule has 3 aromatic rings. The zero-order chi connectivity index (χ0) is 13.4. The van der Waals surface area contributed by atoms with Crippen LogP contribution in [0.15, 0.2) is 51.5 Å². The number of fused-ring (bicyclic) bond motifs is 1. The highest BCUT2D eigenvalue weighted by molar-refractivity contribution is 9.10. The maximum Gasteiger partial charge on any atom is 0.134 e. The van der Waals surface area contributed by atoms with Crippen molar-refractivity contribution < 1.29 is 8.81 Å². The average molecular weight is 321 g/mol. The molecular weight excluding hydrogens is 311 g/mol. The molecule has 1 aromatic carbocycles. The molecular formula is C14H10BrFN2O. The summed E-state index contributed by atoms with van der Waals surface area (Å²) in [5.74, 6) is 0.269. The molecule has 1 atom stereocenters. The second-order valence-corrected chi connectivity index (χ2v) is 5.13. The van der Waals surface area contributed by atoms with Gasteiger partial charge in [-0.2, -0.15) is 0 Å². The summed E-state index contributed by atoms with van der Waals surface area (Å²) in [4.78, 5) is 4.24. The SMILES string of the molecule is NC(c1ccc(Br)cn1)c1cc2cc(F)ccc2o1. The summed E-state index contributed by atoms with van der Waals surface area (Å²) in [7, 11) is 0. The lowest BCUT2D eigenvalue weighted by molar-refractivity contribution is 0.520. The van der Waals surface area contributed by atoms with Gasteiger partial charge in [-0.05, 0) is 52.3 Å². The van der Waals surface area contributed by atoms with Crippen molar-refractivity contribution in [3.8, 4) is 0 Å². The van der Waals surface area contributed by atoms with E-state index in [1.54, 1.807) is 18.3 Å². The van der Waals surface area contributed by atoms with Crippen molar-refractivity contribution in [1.82, 2.24) is 4.98 Å². The molecule has 0 spiro atoms. The molecule has 0 radical (unpaired) electrons. The Balaban J connectivity index is 2.01. The van der Waals surface area contributed by atoms with E-state index in [1.165, 1.54) is 12.1 Å². The highest BCUT2D eigenvalue weighted by atomic mass is 79.9. The summed E-state index contributed by atoms with van der Waals surface area (Å²) in [6.45, 7) is 0. The third-order valence-corrected chi connectivity index (χ3v) is 3.34. The minimum atomic E-state index is -0.469. The largest absolute Gasteiger partial charge is 0.459 e. The van der Waals surface area contributed by atoms with Crippen LogP contribution in [0, 0.1) is 5.82 Å². The molecule has 2 heterocycles. The summed E-state index contributed by atoms with van der Waals surface area (Å²) in [5.41, 5.74) is 7.41. The van der Waals surface area contributed by atoms with E-state index >= 15 is 0 Å². The van der Waals surface area contributed by atoms with Crippen molar-refractivity contribution in [2.75, 3.05) is 0 Å². The molecule has 1 unspecified atom stereocenters. The van der Waals surface area contributed by atoms with Crippen LogP contribution in [0.1, 0.15) is 17.5 Å². The number of nitrogens with zero attached hydrogens (tertiary/aromatic N) is 1.